The number of aromatic nitrogens is 1. The number of nitrogens with one attached hydrogen (secondary N) is 2. The molecule has 0 saturated carbocycles. The van der Waals surface area contributed by atoms with Crippen molar-refractivity contribution in [3.63, 3.8) is 0 Å². The maximum absolute atomic E-state index is 12.4. The first kappa shape index (κ1) is 17.0. The van der Waals surface area contributed by atoms with Gasteiger partial charge in [0.15, 0.2) is 0 Å². The SMILES string of the molecule is C[C@H]1C[C@@H](C(=O)Nc2cccc(CSc3ccccn3)c2)CCN1. The van der Waals surface area contributed by atoms with Crippen LogP contribution in [0.2, 0.25) is 0 Å². The van der Waals surface area contributed by atoms with Crippen molar-refractivity contribution in [1.29, 1.82) is 0 Å². The molecule has 1 aliphatic rings. The van der Waals surface area contributed by atoms with Crippen molar-refractivity contribution in [3.8, 4) is 0 Å². The molecule has 2 N–H and O–H groups in total. The number of hydrogen-bond donors (Lipinski definition) is 2. The van der Waals surface area contributed by atoms with Crippen LogP contribution in [-0.2, 0) is 10.5 Å². The fraction of sp³-hybridized carbons (Fsp3) is 0.368. The third-order valence-electron chi connectivity index (χ3n) is 4.21. The van der Waals surface area contributed by atoms with E-state index in [-0.39, 0.29) is 11.8 Å². The van der Waals surface area contributed by atoms with Crippen LogP contribution in [0.3, 0.4) is 0 Å². The summed E-state index contributed by atoms with van der Waals surface area (Å²) in [5.74, 6) is 1.08. The van der Waals surface area contributed by atoms with Gasteiger partial charge in [0.1, 0.15) is 0 Å². The van der Waals surface area contributed by atoms with Gasteiger partial charge in [-0.1, -0.05) is 18.2 Å². The highest BCUT2D eigenvalue weighted by Gasteiger charge is 2.24. The number of benzene rings is 1. The quantitative estimate of drug-likeness (QED) is 0.814. The number of carbonyl (C=O) groups is 1. The lowest BCUT2D eigenvalue weighted by molar-refractivity contribution is -0.120. The van der Waals surface area contributed by atoms with Gasteiger partial charge in [-0.2, -0.15) is 0 Å². The number of piperidine rings is 1. The van der Waals surface area contributed by atoms with E-state index in [2.05, 4.69) is 34.7 Å². The Morgan fingerprint density at radius 3 is 3.04 bits per heavy atom. The molecule has 0 aliphatic carbocycles. The van der Waals surface area contributed by atoms with Crippen LogP contribution in [0, 0.1) is 5.92 Å². The standard InChI is InChI=1S/C19H23N3OS/c1-14-11-16(8-10-20-14)19(23)22-17-6-4-5-15(12-17)13-24-18-7-2-3-9-21-18/h2-7,9,12,14,16,20H,8,10-11,13H2,1H3,(H,22,23)/t14-,16-/m0/s1. The summed E-state index contributed by atoms with van der Waals surface area (Å²) in [6.45, 7) is 3.05. The predicted octanol–water partition coefficient (Wildman–Crippen LogP) is 3.70. The fourth-order valence-electron chi connectivity index (χ4n) is 2.94. The summed E-state index contributed by atoms with van der Waals surface area (Å²) in [7, 11) is 0. The average molecular weight is 341 g/mol. The molecule has 1 fully saturated rings. The molecule has 24 heavy (non-hydrogen) atoms. The monoisotopic (exact) mass is 341 g/mol. The lowest BCUT2D eigenvalue weighted by Crippen LogP contribution is -2.40. The molecule has 1 aliphatic heterocycles. The third kappa shape index (κ3) is 4.82. The minimum absolute atomic E-state index is 0.104. The summed E-state index contributed by atoms with van der Waals surface area (Å²) in [4.78, 5) is 16.8. The zero-order valence-corrected chi connectivity index (χ0v) is 14.7. The van der Waals surface area contributed by atoms with Gasteiger partial charge in [-0.15, -0.1) is 11.8 Å². The van der Waals surface area contributed by atoms with E-state index in [1.807, 2.05) is 30.3 Å². The van der Waals surface area contributed by atoms with Gasteiger partial charge in [0.2, 0.25) is 5.91 Å². The summed E-state index contributed by atoms with van der Waals surface area (Å²) in [6, 6.07) is 14.4. The molecule has 0 unspecified atom stereocenters. The number of carbonyl (C=O) groups excluding carboxylic acids is 1. The maximum atomic E-state index is 12.4. The van der Waals surface area contributed by atoms with Gasteiger partial charge < -0.3 is 10.6 Å². The Bertz CT molecular complexity index is 677. The number of hydrogen-bond acceptors (Lipinski definition) is 4. The Hall–Kier alpha value is -1.85. The van der Waals surface area contributed by atoms with E-state index >= 15 is 0 Å². The van der Waals surface area contributed by atoms with Crippen LogP contribution < -0.4 is 10.6 Å². The number of nitrogens with zero attached hydrogens (tertiary/aromatic N) is 1. The molecule has 2 aromatic rings. The molecule has 5 heteroatoms. The van der Waals surface area contributed by atoms with Gasteiger partial charge >= 0.3 is 0 Å². The van der Waals surface area contributed by atoms with Crippen molar-refractivity contribution >= 4 is 23.4 Å². The highest BCUT2D eigenvalue weighted by Crippen LogP contribution is 2.23. The highest BCUT2D eigenvalue weighted by molar-refractivity contribution is 7.98. The number of amides is 1. The fourth-order valence-corrected chi connectivity index (χ4v) is 3.75. The van der Waals surface area contributed by atoms with E-state index in [1.165, 1.54) is 5.56 Å². The maximum Gasteiger partial charge on any atom is 0.227 e. The van der Waals surface area contributed by atoms with Gasteiger partial charge in [0.05, 0.1) is 5.03 Å². The third-order valence-corrected chi connectivity index (χ3v) is 5.23. The summed E-state index contributed by atoms with van der Waals surface area (Å²) in [5, 5.41) is 7.47. The topological polar surface area (TPSA) is 54.0 Å². The van der Waals surface area contributed by atoms with Crippen LogP contribution in [0.4, 0.5) is 5.69 Å². The molecule has 1 aromatic carbocycles. The lowest BCUT2D eigenvalue weighted by Gasteiger charge is -2.27. The number of anilines is 1. The van der Waals surface area contributed by atoms with E-state index in [9.17, 15) is 4.79 Å². The molecule has 0 radical (unpaired) electrons. The second-order valence-electron chi connectivity index (χ2n) is 6.22. The zero-order chi connectivity index (χ0) is 16.8. The van der Waals surface area contributed by atoms with Crippen LogP contribution >= 0.6 is 11.8 Å². The van der Waals surface area contributed by atoms with Gasteiger partial charge in [-0.3, -0.25) is 4.79 Å². The highest BCUT2D eigenvalue weighted by atomic mass is 32.2. The van der Waals surface area contributed by atoms with Crippen molar-refractivity contribution in [1.82, 2.24) is 10.3 Å². The van der Waals surface area contributed by atoms with E-state index in [4.69, 9.17) is 0 Å². The van der Waals surface area contributed by atoms with Gasteiger partial charge in [0, 0.05) is 29.6 Å². The normalized spacial score (nSPS) is 20.5. The minimum Gasteiger partial charge on any atom is -0.326 e. The smallest absolute Gasteiger partial charge is 0.227 e. The first-order chi connectivity index (χ1) is 11.7. The van der Waals surface area contributed by atoms with Crippen molar-refractivity contribution in [3.05, 3.63) is 54.2 Å². The molecule has 4 nitrogen and oxygen atoms in total. The predicted molar refractivity (Wildman–Crippen MR) is 99.1 cm³/mol. The summed E-state index contributed by atoms with van der Waals surface area (Å²) in [5.41, 5.74) is 2.06. The van der Waals surface area contributed by atoms with Crippen LogP contribution in [0.5, 0.6) is 0 Å². The molecule has 0 spiro atoms. The molecular formula is C19H23N3OS. The van der Waals surface area contributed by atoms with Crippen molar-refractivity contribution < 1.29 is 4.79 Å². The molecule has 1 saturated heterocycles. The molecule has 2 atom stereocenters. The van der Waals surface area contributed by atoms with Gasteiger partial charge in [-0.25, -0.2) is 4.98 Å². The second-order valence-corrected chi connectivity index (χ2v) is 7.22. The zero-order valence-electron chi connectivity index (χ0n) is 13.9. The molecule has 0 bridgehead atoms. The van der Waals surface area contributed by atoms with Crippen LogP contribution in [0.1, 0.15) is 25.3 Å². The summed E-state index contributed by atoms with van der Waals surface area (Å²) in [6.07, 6.45) is 3.62. The number of pyridine rings is 1. The van der Waals surface area contributed by atoms with Crippen LogP contribution in [0.25, 0.3) is 0 Å². The minimum atomic E-state index is 0.104. The second kappa shape index (κ2) is 8.31. The van der Waals surface area contributed by atoms with Crippen molar-refractivity contribution in [2.45, 2.75) is 36.6 Å². The Balaban J connectivity index is 1.57. The summed E-state index contributed by atoms with van der Waals surface area (Å²) < 4.78 is 0. The Kier molecular flexibility index (Phi) is 5.88. The first-order valence-corrected chi connectivity index (χ1v) is 9.36. The summed E-state index contributed by atoms with van der Waals surface area (Å²) >= 11 is 1.70. The first-order valence-electron chi connectivity index (χ1n) is 8.38. The molecule has 1 aromatic heterocycles. The Morgan fingerprint density at radius 1 is 1.33 bits per heavy atom. The van der Waals surface area contributed by atoms with Gasteiger partial charge in [-0.05, 0) is 56.1 Å². The van der Waals surface area contributed by atoms with E-state index in [0.717, 1.165) is 35.9 Å². The van der Waals surface area contributed by atoms with E-state index < -0.39 is 0 Å². The number of thioether (sulfide) groups is 1. The molecule has 2 heterocycles. The molecular weight excluding hydrogens is 318 g/mol. The Labute approximate surface area is 147 Å². The van der Waals surface area contributed by atoms with E-state index in [0.29, 0.717) is 6.04 Å². The number of rotatable bonds is 5. The van der Waals surface area contributed by atoms with Crippen LogP contribution in [-0.4, -0.2) is 23.5 Å². The lowest BCUT2D eigenvalue weighted by atomic mass is 9.92. The van der Waals surface area contributed by atoms with Crippen molar-refractivity contribution in [2.75, 3.05) is 11.9 Å². The molecule has 126 valence electrons. The molecule has 1 amide bonds. The molecule has 3 rings (SSSR count). The van der Waals surface area contributed by atoms with Gasteiger partial charge in [0.25, 0.3) is 0 Å². The van der Waals surface area contributed by atoms with E-state index in [1.54, 1.807) is 18.0 Å². The Morgan fingerprint density at radius 2 is 2.25 bits per heavy atom. The van der Waals surface area contributed by atoms with Crippen molar-refractivity contribution in [2.24, 2.45) is 5.92 Å². The van der Waals surface area contributed by atoms with Crippen LogP contribution in [0.15, 0.2) is 53.7 Å². The average Bonchev–Trinajstić information content (AvgIpc) is 2.61. The largest absolute Gasteiger partial charge is 0.326 e.